The minimum absolute atomic E-state index is 0.0584. The van der Waals surface area contributed by atoms with Gasteiger partial charge in [-0.25, -0.2) is 14.0 Å². The molecule has 1 atom stereocenters. The molecule has 0 saturated carbocycles. The van der Waals surface area contributed by atoms with E-state index in [2.05, 4.69) is 0 Å². The quantitative estimate of drug-likeness (QED) is 0.940. The van der Waals surface area contributed by atoms with Crippen LogP contribution in [0.3, 0.4) is 0 Å². The summed E-state index contributed by atoms with van der Waals surface area (Å²) < 4.78 is 18.6. The number of carbonyl (C=O) groups is 2. The second kappa shape index (κ2) is 6.70. The maximum atomic E-state index is 13.3. The minimum atomic E-state index is -1.14. The van der Waals surface area contributed by atoms with Crippen LogP contribution in [0.15, 0.2) is 48.5 Å². The molecule has 24 heavy (non-hydrogen) atoms. The number of carbonyl (C=O) groups excluding carboxylic acids is 1. The Hall–Kier alpha value is -2.89. The standard InChI is InChI=1S/C18H16FNO4/c19-15-7-6-13-10-20(16(17(21)22)9-14(13)8-15)18(23)24-11-12-4-2-1-3-5-12/h1-8,16H,9-11H2,(H,21,22). The predicted octanol–water partition coefficient (Wildman–Crippen LogP) is 2.97. The van der Waals surface area contributed by atoms with Crippen molar-refractivity contribution < 1.29 is 23.8 Å². The molecule has 2 aromatic rings. The topological polar surface area (TPSA) is 66.8 Å². The fourth-order valence-corrected chi connectivity index (χ4v) is 2.77. The zero-order valence-corrected chi connectivity index (χ0v) is 12.8. The number of carboxylic acids is 1. The lowest BCUT2D eigenvalue weighted by atomic mass is 9.94. The summed E-state index contributed by atoms with van der Waals surface area (Å²) in [5.74, 6) is -1.56. The number of carboxylic acid groups (broad SMARTS) is 1. The monoisotopic (exact) mass is 329 g/mol. The second-order valence-corrected chi connectivity index (χ2v) is 5.64. The van der Waals surface area contributed by atoms with E-state index in [4.69, 9.17) is 4.74 Å². The Morgan fingerprint density at radius 3 is 2.62 bits per heavy atom. The van der Waals surface area contributed by atoms with E-state index >= 15 is 0 Å². The smallest absolute Gasteiger partial charge is 0.411 e. The van der Waals surface area contributed by atoms with E-state index in [0.29, 0.717) is 5.56 Å². The van der Waals surface area contributed by atoms with Crippen LogP contribution in [0.4, 0.5) is 9.18 Å². The number of halogens is 1. The van der Waals surface area contributed by atoms with Gasteiger partial charge in [0.25, 0.3) is 0 Å². The molecule has 1 heterocycles. The molecule has 0 fully saturated rings. The summed E-state index contributed by atoms with van der Waals surface area (Å²) in [4.78, 5) is 25.0. The van der Waals surface area contributed by atoms with Crippen molar-refractivity contribution in [2.24, 2.45) is 0 Å². The van der Waals surface area contributed by atoms with E-state index in [9.17, 15) is 19.1 Å². The largest absolute Gasteiger partial charge is 0.480 e. The first kappa shape index (κ1) is 16.0. The maximum absolute atomic E-state index is 13.3. The van der Waals surface area contributed by atoms with E-state index in [1.807, 2.05) is 30.3 Å². The zero-order valence-electron chi connectivity index (χ0n) is 12.8. The second-order valence-electron chi connectivity index (χ2n) is 5.64. The zero-order chi connectivity index (χ0) is 17.1. The first-order valence-electron chi connectivity index (χ1n) is 7.52. The van der Waals surface area contributed by atoms with Crippen molar-refractivity contribution in [1.29, 1.82) is 0 Å². The molecular weight excluding hydrogens is 313 g/mol. The number of hydrogen-bond acceptors (Lipinski definition) is 3. The molecular formula is C18H16FNO4. The van der Waals surface area contributed by atoms with Crippen molar-refractivity contribution in [3.8, 4) is 0 Å². The summed E-state index contributed by atoms with van der Waals surface area (Å²) in [5.41, 5.74) is 2.15. The molecule has 1 unspecified atom stereocenters. The third-order valence-electron chi connectivity index (χ3n) is 4.02. The van der Waals surface area contributed by atoms with Gasteiger partial charge in [-0.05, 0) is 28.8 Å². The van der Waals surface area contributed by atoms with Gasteiger partial charge in [-0.1, -0.05) is 36.4 Å². The van der Waals surface area contributed by atoms with Gasteiger partial charge in [-0.2, -0.15) is 0 Å². The summed E-state index contributed by atoms with van der Waals surface area (Å²) in [6, 6.07) is 12.3. The van der Waals surface area contributed by atoms with Gasteiger partial charge in [0.2, 0.25) is 0 Å². The number of amides is 1. The highest BCUT2D eigenvalue weighted by Crippen LogP contribution is 2.25. The molecule has 0 aliphatic carbocycles. The number of hydrogen-bond donors (Lipinski definition) is 1. The number of rotatable bonds is 3. The molecule has 0 spiro atoms. The molecule has 2 aromatic carbocycles. The lowest BCUT2D eigenvalue weighted by Crippen LogP contribution is -2.48. The molecule has 1 N–H and O–H groups in total. The number of ether oxygens (including phenoxy) is 1. The molecule has 0 aromatic heterocycles. The summed E-state index contributed by atoms with van der Waals surface area (Å²) in [6.07, 6.45) is -0.635. The van der Waals surface area contributed by atoms with Gasteiger partial charge in [0, 0.05) is 6.42 Å². The third kappa shape index (κ3) is 3.37. The van der Waals surface area contributed by atoms with Crippen LogP contribution in [-0.4, -0.2) is 28.1 Å². The predicted molar refractivity (Wildman–Crippen MR) is 83.7 cm³/mol. The Bertz CT molecular complexity index is 763. The van der Waals surface area contributed by atoms with Crippen LogP contribution in [0.2, 0.25) is 0 Å². The fraction of sp³-hybridized carbons (Fsp3) is 0.222. The molecule has 1 aliphatic heterocycles. The average molecular weight is 329 g/mol. The summed E-state index contributed by atoms with van der Waals surface area (Å²) in [5, 5.41) is 9.39. The van der Waals surface area contributed by atoms with E-state index in [0.717, 1.165) is 11.1 Å². The minimum Gasteiger partial charge on any atom is -0.480 e. The first-order valence-corrected chi connectivity index (χ1v) is 7.52. The summed E-state index contributed by atoms with van der Waals surface area (Å²) >= 11 is 0. The number of aliphatic carboxylic acids is 1. The van der Waals surface area contributed by atoms with Crippen LogP contribution in [0.5, 0.6) is 0 Å². The van der Waals surface area contributed by atoms with Gasteiger partial charge in [-0.3, -0.25) is 4.90 Å². The highest BCUT2D eigenvalue weighted by molar-refractivity contribution is 5.81. The van der Waals surface area contributed by atoms with Crippen LogP contribution in [0, 0.1) is 5.82 Å². The van der Waals surface area contributed by atoms with E-state index in [-0.39, 0.29) is 19.6 Å². The molecule has 6 heteroatoms. The summed E-state index contributed by atoms with van der Waals surface area (Å²) in [6.45, 7) is 0.152. The van der Waals surface area contributed by atoms with E-state index in [1.165, 1.54) is 17.0 Å². The van der Waals surface area contributed by atoms with Gasteiger partial charge in [0.15, 0.2) is 0 Å². The lowest BCUT2D eigenvalue weighted by Gasteiger charge is -2.33. The van der Waals surface area contributed by atoms with Crippen LogP contribution in [0.1, 0.15) is 16.7 Å². The number of fused-ring (bicyclic) bond motifs is 1. The Morgan fingerprint density at radius 1 is 1.17 bits per heavy atom. The van der Waals surface area contributed by atoms with Gasteiger partial charge < -0.3 is 9.84 Å². The Balaban J connectivity index is 1.76. The number of benzene rings is 2. The van der Waals surface area contributed by atoms with Crippen LogP contribution in [0.25, 0.3) is 0 Å². The van der Waals surface area contributed by atoms with Crippen molar-refractivity contribution in [3.63, 3.8) is 0 Å². The fourth-order valence-electron chi connectivity index (χ4n) is 2.77. The summed E-state index contributed by atoms with van der Waals surface area (Å²) in [7, 11) is 0. The van der Waals surface area contributed by atoms with E-state index in [1.54, 1.807) is 6.07 Å². The molecule has 0 bridgehead atoms. The molecule has 0 radical (unpaired) electrons. The molecule has 0 saturated heterocycles. The van der Waals surface area contributed by atoms with E-state index < -0.39 is 23.9 Å². The molecule has 1 amide bonds. The van der Waals surface area contributed by atoms with Gasteiger partial charge in [0.1, 0.15) is 18.5 Å². The van der Waals surface area contributed by atoms with Crippen molar-refractivity contribution in [3.05, 3.63) is 71.0 Å². The molecule has 124 valence electrons. The normalized spacial score (nSPS) is 16.4. The Kier molecular flexibility index (Phi) is 4.46. The highest BCUT2D eigenvalue weighted by atomic mass is 19.1. The third-order valence-corrected chi connectivity index (χ3v) is 4.02. The van der Waals surface area contributed by atoms with Crippen LogP contribution in [-0.2, 0) is 29.1 Å². The van der Waals surface area contributed by atoms with Crippen LogP contribution >= 0.6 is 0 Å². The van der Waals surface area contributed by atoms with Crippen molar-refractivity contribution >= 4 is 12.1 Å². The maximum Gasteiger partial charge on any atom is 0.411 e. The first-order chi connectivity index (χ1) is 11.5. The molecule has 5 nitrogen and oxygen atoms in total. The van der Waals surface area contributed by atoms with Crippen LogP contribution < -0.4 is 0 Å². The van der Waals surface area contributed by atoms with Crippen molar-refractivity contribution in [2.45, 2.75) is 25.6 Å². The molecule has 3 rings (SSSR count). The lowest BCUT2D eigenvalue weighted by molar-refractivity contribution is -0.143. The number of nitrogens with zero attached hydrogens (tertiary/aromatic N) is 1. The van der Waals surface area contributed by atoms with Gasteiger partial charge in [-0.15, -0.1) is 0 Å². The Morgan fingerprint density at radius 2 is 1.92 bits per heavy atom. The average Bonchev–Trinajstić information content (AvgIpc) is 2.59. The highest BCUT2D eigenvalue weighted by Gasteiger charge is 2.35. The van der Waals surface area contributed by atoms with Gasteiger partial charge in [0.05, 0.1) is 6.54 Å². The van der Waals surface area contributed by atoms with Crippen molar-refractivity contribution in [2.75, 3.05) is 0 Å². The Labute approximate surface area is 138 Å². The molecule has 1 aliphatic rings. The SMILES string of the molecule is O=C(O)C1Cc2cc(F)ccc2CN1C(=O)OCc1ccccc1. The van der Waals surface area contributed by atoms with Gasteiger partial charge >= 0.3 is 12.1 Å². The van der Waals surface area contributed by atoms with Crippen molar-refractivity contribution in [1.82, 2.24) is 4.90 Å².